The summed E-state index contributed by atoms with van der Waals surface area (Å²) in [4.78, 5) is 0. The number of nitrogens with two attached hydrogens (primary N) is 1. The first-order chi connectivity index (χ1) is 9.71. The molecule has 108 valence electrons. The van der Waals surface area contributed by atoms with Gasteiger partial charge in [0.15, 0.2) is 11.5 Å². The maximum atomic E-state index is 10.3. The van der Waals surface area contributed by atoms with Crippen LogP contribution in [0.1, 0.15) is 12.0 Å². The molecule has 0 spiro atoms. The van der Waals surface area contributed by atoms with Crippen LogP contribution in [0.2, 0.25) is 0 Å². The van der Waals surface area contributed by atoms with E-state index in [2.05, 4.69) is 0 Å². The number of hydrogen-bond donors (Lipinski definition) is 2. The lowest BCUT2D eigenvalue weighted by atomic mass is 9.94. The molecule has 2 bridgehead atoms. The molecule has 5 heteroatoms. The summed E-state index contributed by atoms with van der Waals surface area (Å²) in [6.07, 6.45) is 3.96. The number of aliphatic hydroxyl groups is 1. The van der Waals surface area contributed by atoms with Gasteiger partial charge in [0, 0.05) is 6.54 Å². The highest BCUT2D eigenvalue weighted by atomic mass is 16.6. The minimum atomic E-state index is -0.910. The lowest BCUT2D eigenvalue weighted by Gasteiger charge is -2.23. The lowest BCUT2D eigenvalue weighted by molar-refractivity contribution is -0.0747. The normalized spacial score (nSPS) is 28.6. The van der Waals surface area contributed by atoms with Crippen molar-refractivity contribution in [2.45, 2.75) is 31.5 Å². The highest BCUT2D eigenvalue weighted by molar-refractivity contribution is 5.43. The zero-order valence-electron chi connectivity index (χ0n) is 11.4. The molecule has 3 N–H and O–H groups in total. The van der Waals surface area contributed by atoms with Gasteiger partial charge in [0.05, 0.1) is 25.2 Å². The third-order valence-corrected chi connectivity index (χ3v) is 3.85. The molecule has 1 aromatic carbocycles. The molecule has 1 saturated heterocycles. The van der Waals surface area contributed by atoms with E-state index < -0.39 is 6.29 Å². The maximum Gasteiger partial charge on any atom is 0.203 e. The van der Waals surface area contributed by atoms with Gasteiger partial charge in [0.25, 0.3) is 0 Å². The van der Waals surface area contributed by atoms with Crippen LogP contribution in [-0.2, 0) is 11.3 Å². The number of rotatable bonds is 5. The summed E-state index contributed by atoms with van der Waals surface area (Å²) in [5.41, 5.74) is 6.55. The van der Waals surface area contributed by atoms with Crippen LogP contribution in [0.4, 0.5) is 0 Å². The van der Waals surface area contributed by atoms with Gasteiger partial charge in [-0.2, -0.15) is 0 Å². The molecule has 1 fully saturated rings. The number of fused-ring (bicyclic) bond motifs is 2. The molecule has 0 aliphatic carbocycles. The molecule has 5 nitrogen and oxygen atoms in total. The fraction of sp³-hybridized carbons (Fsp3) is 0.467. The smallest absolute Gasteiger partial charge is 0.203 e. The van der Waals surface area contributed by atoms with Crippen LogP contribution in [0.25, 0.3) is 0 Å². The van der Waals surface area contributed by atoms with Crippen molar-refractivity contribution >= 4 is 0 Å². The molecular weight excluding hydrogens is 258 g/mol. The van der Waals surface area contributed by atoms with Gasteiger partial charge < -0.3 is 25.1 Å². The van der Waals surface area contributed by atoms with Crippen molar-refractivity contribution in [3.8, 4) is 11.5 Å². The highest BCUT2D eigenvalue weighted by Gasteiger charge is 2.42. The first-order valence-corrected chi connectivity index (χ1v) is 6.76. The van der Waals surface area contributed by atoms with Crippen LogP contribution in [0.5, 0.6) is 11.5 Å². The minimum Gasteiger partial charge on any atom is -0.493 e. The average molecular weight is 277 g/mol. The summed E-state index contributed by atoms with van der Waals surface area (Å²) in [7, 11) is 1.57. The Morgan fingerprint density at radius 1 is 1.40 bits per heavy atom. The van der Waals surface area contributed by atoms with Gasteiger partial charge in [-0.1, -0.05) is 18.2 Å². The van der Waals surface area contributed by atoms with E-state index in [9.17, 15) is 5.11 Å². The number of benzene rings is 1. The molecule has 0 amide bonds. The van der Waals surface area contributed by atoms with Crippen molar-refractivity contribution in [3.63, 3.8) is 0 Å². The second-order valence-electron chi connectivity index (χ2n) is 5.12. The van der Waals surface area contributed by atoms with Gasteiger partial charge in [0.2, 0.25) is 6.29 Å². The number of methoxy groups -OCH3 is 1. The largest absolute Gasteiger partial charge is 0.493 e. The monoisotopic (exact) mass is 277 g/mol. The summed E-state index contributed by atoms with van der Waals surface area (Å²) >= 11 is 0. The van der Waals surface area contributed by atoms with Crippen LogP contribution in [0.15, 0.2) is 30.4 Å². The van der Waals surface area contributed by atoms with E-state index in [0.717, 1.165) is 12.0 Å². The standard InChI is InChI=1S/C15H19NO4/c1-18-14-6-9(8-16)2-4-13(14)20-15(17)11-7-10-3-5-12(11)19-10/h2-6,10-12,15,17H,7-8,16H2,1H3. The molecule has 2 aliphatic rings. The van der Waals surface area contributed by atoms with Gasteiger partial charge in [-0.3, -0.25) is 0 Å². The zero-order chi connectivity index (χ0) is 14.1. The van der Waals surface area contributed by atoms with Crippen LogP contribution in [0.3, 0.4) is 0 Å². The average Bonchev–Trinajstić information content (AvgIpc) is 3.10. The van der Waals surface area contributed by atoms with Crippen LogP contribution < -0.4 is 15.2 Å². The molecule has 4 unspecified atom stereocenters. The lowest BCUT2D eigenvalue weighted by Crippen LogP contribution is -2.32. The first-order valence-electron chi connectivity index (χ1n) is 6.76. The fourth-order valence-electron chi connectivity index (χ4n) is 2.74. The minimum absolute atomic E-state index is 0.0381. The Hall–Kier alpha value is -1.56. The van der Waals surface area contributed by atoms with Gasteiger partial charge in [-0.15, -0.1) is 0 Å². The molecule has 0 saturated carbocycles. The third kappa shape index (κ3) is 2.40. The van der Waals surface area contributed by atoms with Crippen molar-refractivity contribution < 1.29 is 19.3 Å². The Morgan fingerprint density at radius 2 is 2.25 bits per heavy atom. The van der Waals surface area contributed by atoms with E-state index in [-0.39, 0.29) is 18.1 Å². The fourth-order valence-corrected chi connectivity index (χ4v) is 2.74. The molecular formula is C15H19NO4. The second-order valence-corrected chi connectivity index (χ2v) is 5.12. The molecule has 2 heterocycles. The van der Waals surface area contributed by atoms with E-state index in [1.54, 1.807) is 13.2 Å². The number of ether oxygens (including phenoxy) is 3. The predicted molar refractivity (Wildman–Crippen MR) is 73.4 cm³/mol. The van der Waals surface area contributed by atoms with E-state index in [4.69, 9.17) is 19.9 Å². The molecule has 4 atom stereocenters. The zero-order valence-corrected chi connectivity index (χ0v) is 11.4. The molecule has 1 aromatic rings. The van der Waals surface area contributed by atoms with E-state index in [1.807, 2.05) is 24.3 Å². The third-order valence-electron chi connectivity index (χ3n) is 3.85. The molecule has 20 heavy (non-hydrogen) atoms. The van der Waals surface area contributed by atoms with Gasteiger partial charge in [-0.05, 0) is 24.1 Å². The van der Waals surface area contributed by atoms with Crippen molar-refractivity contribution in [2.75, 3.05) is 7.11 Å². The second kappa shape index (κ2) is 5.44. The van der Waals surface area contributed by atoms with Crippen molar-refractivity contribution in [1.82, 2.24) is 0 Å². The SMILES string of the molecule is COc1cc(CN)ccc1OC(O)C1CC2C=CC1O2. The van der Waals surface area contributed by atoms with Crippen molar-refractivity contribution in [2.24, 2.45) is 11.7 Å². The van der Waals surface area contributed by atoms with E-state index in [1.165, 1.54) is 0 Å². The Labute approximate surface area is 117 Å². The van der Waals surface area contributed by atoms with E-state index >= 15 is 0 Å². The molecule has 0 radical (unpaired) electrons. The van der Waals surface area contributed by atoms with Crippen LogP contribution >= 0.6 is 0 Å². The summed E-state index contributed by atoms with van der Waals surface area (Å²) < 4.78 is 16.6. The van der Waals surface area contributed by atoms with Gasteiger partial charge >= 0.3 is 0 Å². The van der Waals surface area contributed by atoms with Crippen molar-refractivity contribution in [1.29, 1.82) is 0 Å². The summed E-state index contributed by atoms with van der Waals surface area (Å²) in [6.45, 7) is 0.435. The van der Waals surface area contributed by atoms with Gasteiger partial charge in [-0.25, -0.2) is 0 Å². The Bertz CT molecular complexity index is 517. The summed E-state index contributed by atoms with van der Waals surface area (Å²) in [6, 6.07) is 5.45. The Balaban J connectivity index is 1.72. The number of aliphatic hydroxyl groups excluding tert-OH is 1. The quantitative estimate of drug-likeness (QED) is 0.625. The maximum absolute atomic E-state index is 10.3. The highest BCUT2D eigenvalue weighted by Crippen LogP contribution is 2.37. The van der Waals surface area contributed by atoms with Crippen LogP contribution in [-0.4, -0.2) is 30.7 Å². The molecule has 0 aromatic heterocycles. The predicted octanol–water partition coefficient (Wildman–Crippen LogP) is 1.19. The van der Waals surface area contributed by atoms with E-state index in [0.29, 0.717) is 18.0 Å². The number of hydrogen-bond acceptors (Lipinski definition) is 5. The molecule has 2 aliphatic heterocycles. The molecule has 3 rings (SSSR count). The Morgan fingerprint density at radius 3 is 2.85 bits per heavy atom. The first kappa shape index (κ1) is 13.4. The van der Waals surface area contributed by atoms with Crippen LogP contribution in [0, 0.1) is 5.92 Å². The van der Waals surface area contributed by atoms with Gasteiger partial charge in [0.1, 0.15) is 0 Å². The van der Waals surface area contributed by atoms with Crippen molar-refractivity contribution in [3.05, 3.63) is 35.9 Å². The summed E-state index contributed by atoms with van der Waals surface area (Å²) in [5, 5.41) is 10.3. The topological polar surface area (TPSA) is 73.9 Å². The Kier molecular flexibility index (Phi) is 3.65. The summed E-state index contributed by atoms with van der Waals surface area (Å²) in [5.74, 6) is 1.06.